The zero-order valence-corrected chi connectivity index (χ0v) is 18.4. The number of rotatable bonds is 12. The molecular formula is C14H28O15P2. The van der Waals surface area contributed by atoms with Crippen LogP contribution in [-0.2, 0) is 37.0 Å². The molecule has 15 nitrogen and oxygen atoms in total. The number of methoxy groups -OCH3 is 1. The van der Waals surface area contributed by atoms with Crippen LogP contribution in [0, 0.1) is 0 Å². The Morgan fingerprint density at radius 3 is 1.94 bits per heavy atom. The van der Waals surface area contributed by atoms with Gasteiger partial charge in [-0.05, 0) is 6.42 Å². The molecule has 1 rings (SSSR count). The Hall–Kier alpha value is -0.510. The van der Waals surface area contributed by atoms with Gasteiger partial charge in [0, 0.05) is 13.5 Å². The van der Waals surface area contributed by atoms with Crippen molar-refractivity contribution in [3.63, 3.8) is 0 Å². The minimum absolute atomic E-state index is 0.155. The van der Waals surface area contributed by atoms with E-state index in [1.807, 2.05) is 0 Å². The summed E-state index contributed by atoms with van der Waals surface area (Å²) in [6.45, 7) is 0.820. The topological polar surface area (TPSA) is 239 Å². The minimum Gasteiger partial charge on any atom is -0.463 e. The zero-order valence-electron chi connectivity index (χ0n) is 16.7. The SMILES string of the molecule is CCCC(=O)OC[C@H](COP(=O)(O)O[C@H]1[C@H](O)[C@@H](OP(=O)(O)O)[C@H](O)[C@@H](O)[C@H]1O)OC. The number of ether oxygens (including phenoxy) is 2. The van der Waals surface area contributed by atoms with Crippen molar-refractivity contribution >= 4 is 21.6 Å². The van der Waals surface area contributed by atoms with E-state index in [1.165, 1.54) is 7.11 Å². The maximum Gasteiger partial charge on any atom is 0.472 e. The van der Waals surface area contributed by atoms with Crippen LogP contribution in [0.25, 0.3) is 0 Å². The van der Waals surface area contributed by atoms with Crippen molar-refractivity contribution in [2.24, 2.45) is 0 Å². The van der Waals surface area contributed by atoms with Gasteiger partial charge >= 0.3 is 21.6 Å². The van der Waals surface area contributed by atoms with E-state index >= 15 is 0 Å². The number of hydrogen-bond acceptors (Lipinski definition) is 12. The van der Waals surface area contributed by atoms with Crippen LogP contribution in [0.3, 0.4) is 0 Å². The van der Waals surface area contributed by atoms with Crippen molar-refractivity contribution in [3.8, 4) is 0 Å². The number of hydrogen-bond donors (Lipinski definition) is 7. The Morgan fingerprint density at radius 2 is 1.45 bits per heavy atom. The Bertz CT molecular complexity index is 668. The molecule has 7 N–H and O–H groups in total. The van der Waals surface area contributed by atoms with E-state index in [0.717, 1.165) is 0 Å². The molecule has 184 valence electrons. The van der Waals surface area contributed by atoms with Crippen molar-refractivity contribution in [1.29, 1.82) is 0 Å². The molecule has 1 saturated carbocycles. The lowest BCUT2D eigenvalue weighted by Crippen LogP contribution is -2.64. The number of phosphoric ester groups is 2. The summed E-state index contributed by atoms with van der Waals surface area (Å²) in [6, 6.07) is 0. The van der Waals surface area contributed by atoms with E-state index < -0.39 is 70.9 Å². The van der Waals surface area contributed by atoms with Gasteiger partial charge in [-0.1, -0.05) is 6.92 Å². The average Bonchev–Trinajstić information content (AvgIpc) is 2.66. The van der Waals surface area contributed by atoms with E-state index in [-0.39, 0.29) is 13.0 Å². The molecule has 0 aromatic heterocycles. The third-order valence-corrected chi connectivity index (χ3v) is 5.70. The highest BCUT2D eigenvalue weighted by atomic mass is 31.2. The second kappa shape index (κ2) is 12.1. The number of phosphoric acid groups is 2. The molecule has 0 amide bonds. The van der Waals surface area contributed by atoms with Crippen molar-refractivity contribution in [3.05, 3.63) is 0 Å². The molecule has 0 spiro atoms. The van der Waals surface area contributed by atoms with E-state index in [9.17, 15) is 39.2 Å². The second-order valence-corrected chi connectivity index (χ2v) is 9.25. The first-order chi connectivity index (χ1) is 14.2. The van der Waals surface area contributed by atoms with E-state index in [2.05, 4.69) is 13.6 Å². The fourth-order valence-electron chi connectivity index (χ4n) is 2.60. The molecule has 0 radical (unpaired) electrons. The molecule has 1 fully saturated rings. The van der Waals surface area contributed by atoms with E-state index in [4.69, 9.17) is 19.3 Å². The summed E-state index contributed by atoms with van der Waals surface area (Å²) >= 11 is 0. The van der Waals surface area contributed by atoms with Gasteiger partial charge in [-0.15, -0.1) is 0 Å². The Labute approximate surface area is 177 Å². The van der Waals surface area contributed by atoms with Crippen LogP contribution in [0.4, 0.5) is 0 Å². The van der Waals surface area contributed by atoms with Gasteiger partial charge in [-0.2, -0.15) is 0 Å². The van der Waals surface area contributed by atoms with Crippen molar-refractivity contribution < 1.29 is 72.1 Å². The summed E-state index contributed by atoms with van der Waals surface area (Å²) in [6.07, 6.45) is -13.3. The van der Waals surface area contributed by atoms with Crippen LogP contribution < -0.4 is 0 Å². The van der Waals surface area contributed by atoms with Gasteiger partial charge in [0.2, 0.25) is 0 Å². The van der Waals surface area contributed by atoms with Crippen LogP contribution in [-0.4, -0.2) is 104 Å². The van der Waals surface area contributed by atoms with Gasteiger partial charge in [0.25, 0.3) is 0 Å². The molecule has 0 bridgehead atoms. The standard InChI is InChI=1S/C14H28O15P2/c1-3-4-8(15)26-5-7(25-2)6-27-31(23,24)29-14-11(18)9(16)10(17)13(12(14)19)28-30(20,21)22/h7,9-14,16-19H,3-6H2,1-2H3,(H,23,24)(H2,20,21,22)/t7-,9-,10-,11-,12-,13+,14-/m1/s1. The normalized spacial score (nSPS) is 32.3. The average molecular weight is 498 g/mol. The van der Waals surface area contributed by atoms with Gasteiger partial charge in [0.15, 0.2) is 0 Å². The molecule has 0 aromatic carbocycles. The van der Waals surface area contributed by atoms with Crippen LogP contribution in [0.1, 0.15) is 19.8 Å². The molecule has 1 aliphatic rings. The molecule has 0 heterocycles. The Kier molecular flexibility index (Phi) is 11.1. The van der Waals surface area contributed by atoms with Gasteiger partial charge in [0.05, 0.1) is 6.61 Å². The molecule has 17 heteroatoms. The van der Waals surface area contributed by atoms with E-state index in [0.29, 0.717) is 6.42 Å². The number of aliphatic hydroxyl groups excluding tert-OH is 4. The van der Waals surface area contributed by atoms with Crippen molar-refractivity contribution in [1.82, 2.24) is 0 Å². The predicted octanol–water partition coefficient (Wildman–Crippen LogP) is -2.22. The van der Waals surface area contributed by atoms with Crippen LogP contribution in [0.5, 0.6) is 0 Å². The number of carbonyl (C=O) groups is 1. The summed E-state index contributed by atoms with van der Waals surface area (Å²) in [7, 11) is -9.13. The van der Waals surface area contributed by atoms with Gasteiger partial charge in [-0.3, -0.25) is 18.4 Å². The van der Waals surface area contributed by atoms with Crippen LogP contribution in [0.15, 0.2) is 0 Å². The summed E-state index contributed by atoms with van der Waals surface area (Å²) in [5.41, 5.74) is 0. The fraction of sp³-hybridized carbons (Fsp3) is 0.929. The first kappa shape index (κ1) is 28.5. The van der Waals surface area contributed by atoms with Crippen molar-refractivity contribution in [2.45, 2.75) is 62.5 Å². The van der Waals surface area contributed by atoms with Gasteiger partial charge in [0.1, 0.15) is 49.3 Å². The third kappa shape index (κ3) is 9.10. The number of aliphatic hydroxyl groups is 4. The number of esters is 1. The van der Waals surface area contributed by atoms with E-state index in [1.54, 1.807) is 6.92 Å². The second-order valence-electron chi connectivity index (χ2n) is 6.65. The molecule has 31 heavy (non-hydrogen) atoms. The zero-order chi connectivity index (χ0) is 24.0. The molecule has 0 aliphatic heterocycles. The Balaban J connectivity index is 2.78. The third-order valence-electron chi connectivity index (χ3n) is 4.20. The van der Waals surface area contributed by atoms with Crippen LogP contribution in [0.2, 0.25) is 0 Å². The molecule has 0 saturated heterocycles. The van der Waals surface area contributed by atoms with Crippen molar-refractivity contribution in [2.75, 3.05) is 20.3 Å². The predicted molar refractivity (Wildman–Crippen MR) is 98.3 cm³/mol. The summed E-state index contributed by atoms with van der Waals surface area (Å²) in [5, 5.41) is 39.7. The summed E-state index contributed by atoms with van der Waals surface area (Å²) in [4.78, 5) is 39.0. The molecule has 1 unspecified atom stereocenters. The minimum atomic E-state index is -5.27. The lowest BCUT2D eigenvalue weighted by Gasteiger charge is -2.43. The lowest BCUT2D eigenvalue weighted by atomic mass is 9.85. The molecular weight excluding hydrogens is 470 g/mol. The fourth-order valence-corrected chi connectivity index (χ4v) is 4.14. The molecule has 0 aromatic rings. The molecule has 1 aliphatic carbocycles. The first-order valence-corrected chi connectivity index (χ1v) is 12.0. The highest BCUT2D eigenvalue weighted by molar-refractivity contribution is 7.47. The largest absolute Gasteiger partial charge is 0.472 e. The monoisotopic (exact) mass is 498 g/mol. The highest BCUT2D eigenvalue weighted by Crippen LogP contribution is 2.48. The first-order valence-electron chi connectivity index (χ1n) is 9.02. The smallest absolute Gasteiger partial charge is 0.463 e. The van der Waals surface area contributed by atoms with Crippen LogP contribution >= 0.6 is 15.6 Å². The number of carbonyl (C=O) groups excluding carboxylic acids is 1. The quantitative estimate of drug-likeness (QED) is 0.111. The van der Waals surface area contributed by atoms with Gasteiger partial charge < -0.3 is 44.6 Å². The summed E-state index contributed by atoms with van der Waals surface area (Å²) < 4.78 is 46.6. The van der Waals surface area contributed by atoms with Gasteiger partial charge in [-0.25, -0.2) is 9.13 Å². The lowest BCUT2D eigenvalue weighted by molar-refractivity contribution is -0.216. The maximum atomic E-state index is 12.2. The maximum absolute atomic E-state index is 12.2. The summed E-state index contributed by atoms with van der Waals surface area (Å²) in [5.74, 6) is -0.523. The highest BCUT2D eigenvalue weighted by Gasteiger charge is 2.54. The Morgan fingerprint density at radius 1 is 0.903 bits per heavy atom. The molecule has 8 atom stereocenters.